The molecule has 0 atom stereocenters. The first-order valence-electron chi connectivity index (χ1n) is 26.0. The van der Waals surface area contributed by atoms with Gasteiger partial charge in [-0.3, -0.25) is 0 Å². The Labute approximate surface area is 455 Å². The Hall–Kier alpha value is -10.0. The van der Waals surface area contributed by atoms with E-state index in [9.17, 15) is 0 Å². The van der Waals surface area contributed by atoms with Crippen molar-refractivity contribution < 1.29 is 0 Å². The van der Waals surface area contributed by atoms with E-state index < -0.39 is 0 Å². The third-order valence-electron chi connectivity index (χ3n) is 15.4. The van der Waals surface area contributed by atoms with Gasteiger partial charge in [0.1, 0.15) is 0 Å². The lowest BCUT2D eigenvalue weighted by molar-refractivity contribution is 1.06. The number of hydrogen-bond acceptors (Lipinski definition) is 5. The van der Waals surface area contributed by atoms with Crippen LogP contribution < -0.4 is 0 Å². The Morgan fingerprint density at radius 1 is 0.333 bits per heavy atom. The molecule has 0 aliphatic rings. The summed E-state index contributed by atoms with van der Waals surface area (Å²) in [7, 11) is 0. The van der Waals surface area contributed by atoms with Gasteiger partial charge in [0, 0.05) is 78.6 Å². The van der Waals surface area contributed by atoms with Crippen LogP contribution in [-0.2, 0) is 0 Å². The fourth-order valence-corrected chi connectivity index (χ4v) is 14.5. The number of nitrogens with zero attached hydrogens (tertiary/aromatic N) is 6. The van der Waals surface area contributed by atoms with Crippen LogP contribution in [0.25, 0.3) is 157 Å². The number of hydrogen-bond donors (Lipinski definition) is 0. The van der Waals surface area contributed by atoms with Gasteiger partial charge in [0.25, 0.3) is 0 Å². The van der Waals surface area contributed by atoms with Crippen LogP contribution in [0, 0.1) is 6.57 Å². The molecule has 0 spiro atoms. The molecule has 0 aliphatic heterocycles. The average Bonchev–Trinajstić information content (AvgIpc) is 4.46. The van der Waals surface area contributed by atoms with E-state index >= 15 is 0 Å². The molecular weight excluding hydrogens is 989 g/mol. The monoisotopic (exact) mass is 1030 g/mol. The van der Waals surface area contributed by atoms with E-state index in [1.54, 1.807) is 0 Å². The largest absolute Gasteiger partial charge is 0.309 e. The first kappa shape index (κ1) is 44.3. The van der Waals surface area contributed by atoms with Gasteiger partial charge in [0.2, 0.25) is 0 Å². The van der Waals surface area contributed by atoms with E-state index in [4.69, 9.17) is 21.5 Å². The van der Waals surface area contributed by atoms with E-state index in [-0.39, 0.29) is 0 Å². The Bertz CT molecular complexity index is 5120. The standard InChI is InChI=1S/C70H40N6S2/c1-71-54-29-13-8-23-45(54)44-35-38-57(75-55-30-14-9-26-51(55)63-59(75)39-36-49-46-24-11-16-33-61(46)77-66(49)63)53(41-44)48-28-18-32-58(65(48)70-73-68(42-19-4-2-5-20-42)72-69(74-70)43-21-6-3-7-22-43)76-56-31-15-10-27-52(56)64-60(76)40-37-50-47-25-12-17-34-62(47)78-67(50)64/h2-41H. The molecule has 0 aliphatic carbocycles. The maximum Gasteiger partial charge on any atom is 0.194 e. The summed E-state index contributed by atoms with van der Waals surface area (Å²) in [6.45, 7) is 8.34. The molecule has 0 fully saturated rings. The lowest BCUT2D eigenvalue weighted by atomic mass is 9.92. The second kappa shape index (κ2) is 17.5. The number of aromatic nitrogens is 5. The van der Waals surface area contributed by atoms with Crippen molar-refractivity contribution in [1.82, 2.24) is 24.1 Å². The summed E-state index contributed by atoms with van der Waals surface area (Å²) in [5, 5.41) is 9.81. The lowest BCUT2D eigenvalue weighted by Gasteiger charge is -2.21. The maximum atomic E-state index is 8.34. The predicted octanol–water partition coefficient (Wildman–Crippen LogP) is 19.7. The molecular formula is C70H40N6S2. The van der Waals surface area contributed by atoms with E-state index in [2.05, 4.69) is 202 Å². The normalized spacial score (nSPS) is 11.8. The van der Waals surface area contributed by atoms with Crippen LogP contribution in [0.15, 0.2) is 243 Å². The predicted molar refractivity (Wildman–Crippen MR) is 328 cm³/mol. The fourth-order valence-electron chi connectivity index (χ4n) is 12.0. The third-order valence-corrected chi connectivity index (χ3v) is 17.8. The van der Waals surface area contributed by atoms with Gasteiger partial charge in [-0.1, -0.05) is 188 Å². The van der Waals surface area contributed by atoms with Crippen molar-refractivity contribution in [2.24, 2.45) is 0 Å². The molecule has 78 heavy (non-hydrogen) atoms. The number of fused-ring (bicyclic) bond motifs is 14. The number of benzene rings is 11. The quantitative estimate of drug-likeness (QED) is 0.150. The second-order valence-electron chi connectivity index (χ2n) is 19.7. The molecule has 16 aromatic rings. The zero-order valence-electron chi connectivity index (χ0n) is 41.6. The topological polar surface area (TPSA) is 52.9 Å². The van der Waals surface area contributed by atoms with Crippen LogP contribution in [0.1, 0.15) is 0 Å². The van der Waals surface area contributed by atoms with Gasteiger partial charge < -0.3 is 9.13 Å². The van der Waals surface area contributed by atoms with E-state index in [1.165, 1.54) is 61.9 Å². The molecule has 6 nitrogen and oxygen atoms in total. The highest BCUT2D eigenvalue weighted by molar-refractivity contribution is 7.27. The molecule has 5 aromatic heterocycles. The van der Waals surface area contributed by atoms with Crippen LogP contribution in [-0.4, -0.2) is 24.1 Å². The SMILES string of the molecule is [C-]#[N+]c1ccccc1-c1ccc(-n2c3ccccc3c3c4sc5ccccc5c4ccc32)c(-c2cccc(-n3c4ccccc4c4c5sc6ccccc6c5ccc43)c2-c2nc(-c3ccccc3)nc(-c3ccccc3)n2)c1. The van der Waals surface area contributed by atoms with Gasteiger partial charge in [-0.2, -0.15) is 0 Å². The third kappa shape index (κ3) is 6.69. The number of rotatable bonds is 7. The van der Waals surface area contributed by atoms with Gasteiger partial charge >= 0.3 is 0 Å². The summed E-state index contributed by atoms with van der Waals surface area (Å²) in [6, 6.07) is 85.9. The molecule has 11 aromatic carbocycles. The lowest BCUT2D eigenvalue weighted by Crippen LogP contribution is -2.06. The van der Waals surface area contributed by atoms with Crippen molar-refractivity contribution in [2.75, 3.05) is 0 Å². The van der Waals surface area contributed by atoms with E-state index in [0.29, 0.717) is 23.2 Å². The Morgan fingerprint density at radius 2 is 0.821 bits per heavy atom. The van der Waals surface area contributed by atoms with E-state index in [0.717, 1.165) is 72.4 Å². The second-order valence-corrected chi connectivity index (χ2v) is 21.8. The molecule has 0 amide bonds. The Kier molecular flexibility index (Phi) is 9.94. The number of thiophene rings is 2. The van der Waals surface area contributed by atoms with Crippen molar-refractivity contribution in [2.45, 2.75) is 0 Å². The van der Waals surface area contributed by atoms with Gasteiger partial charge in [-0.15, -0.1) is 22.7 Å². The van der Waals surface area contributed by atoms with E-state index in [1.807, 2.05) is 77.3 Å². The van der Waals surface area contributed by atoms with Crippen LogP contribution >= 0.6 is 22.7 Å². The van der Waals surface area contributed by atoms with Crippen LogP contribution in [0.4, 0.5) is 5.69 Å². The molecule has 5 heterocycles. The summed E-state index contributed by atoms with van der Waals surface area (Å²) in [4.78, 5) is 20.4. The molecule has 362 valence electrons. The highest BCUT2D eigenvalue weighted by Gasteiger charge is 2.27. The van der Waals surface area contributed by atoms with Crippen LogP contribution in [0.3, 0.4) is 0 Å². The van der Waals surface area contributed by atoms with Gasteiger partial charge in [-0.25, -0.2) is 19.8 Å². The van der Waals surface area contributed by atoms with Crippen molar-refractivity contribution >= 4 is 112 Å². The summed E-state index contributed by atoms with van der Waals surface area (Å²) < 4.78 is 9.92. The van der Waals surface area contributed by atoms with Crippen molar-refractivity contribution in [3.8, 4) is 67.8 Å². The first-order chi connectivity index (χ1) is 38.7. The molecule has 0 saturated carbocycles. The minimum atomic E-state index is 0.536. The van der Waals surface area contributed by atoms with Crippen molar-refractivity contribution in [3.63, 3.8) is 0 Å². The van der Waals surface area contributed by atoms with Gasteiger partial charge in [0.05, 0.1) is 45.6 Å². The minimum Gasteiger partial charge on any atom is -0.309 e. The zero-order chi connectivity index (χ0) is 51.4. The highest BCUT2D eigenvalue weighted by atomic mass is 32.1. The maximum absolute atomic E-state index is 8.34. The van der Waals surface area contributed by atoms with Crippen LogP contribution in [0.5, 0.6) is 0 Å². The molecule has 0 unspecified atom stereocenters. The molecule has 0 radical (unpaired) electrons. The van der Waals surface area contributed by atoms with Crippen molar-refractivity contribution in [1.29, 1.82) is 0 Å². The smallest absolute Gasteiger partial charge is 0.194 e. The molecule has 8 heteroatoms. The minimum absolute atomic E-state index is 0.536. The number of para-hydroxylation sites is 3. The zero-order valence-corrected chi connectivity index (χ0v) is 43.2. The molecule has 0 bridgehead atoms. The van der Waals surface area contributed by atoms with Crippen LogP contribution in [0.2, 0.25) is 0 Å². The summed E-state index contributed by atoms with van der Waals surface area (Å²) in [5.74, 6) is 1.68. The Morgan fingerprint density at radius 3 is 1.41 bits per heavy atom. The molecule has 0 saturated heterocycles. The Balaban J connectivity index is 1.07. The summed E-state index contributed by atoms with van der Waals surface area (Å²) in [5.41, 5.74) is 13.2. The molecule has 16 rings (SSSR count). The average molecular weight is 1030 g/mol. The highest BCUT2D eigenvalue weighted by Crippen LogP contribution is 2.49. The summed E-state index contributed by atoms with van der Waals surface area (Å²) >= 11 is 3.71. The van der Waals surface area contributed by atoms with Gasteiger partial charge in [-0.05, 0) is 71.3 Å². The summed E-state index contributed by atoms with van der Waals surface area (Å²) in [6.07, 6.45) is 0. The van der Waals surface area contributed by atoms with Gasteiger partial charge in [0.15, 0.2) is 23.2 Å². The molecule has 0 N–H and O–H groups in total. The first-order valence-corrected chi connectivity index (χ1v) is 27.6. The fraction of sp³-hybridized carbons (Fsp3) is 0. The van der Waals surface area contributed by atoms with Crippen molar-refractivity contribution in [3.05, 3.63) is 254 Å².